The van der Waals surface area contributed by atoms with Crippen molar-refractivity contribution in [3.8, 4) is 11.1 Å². The Morgan fingerprint density at radius 3 is 2.12 bits per heavy atom. The van der Waals surface area contributed by atoms with Gasteiger partial charge in [-0.3, -0.25) is 19.8 Å². The Labute approximate surface area is 379 Å². The van der Waals surface area contributed by atoms with E-state index in [0.29, 0.717) is 13.0 Å². The zero-order valence-electron chi connectivity index (χ0n) is 36.2. The van der Waals surface area contributed by atoms with Crippen molar-refractivity contribution < 1.29 is 32.7 Å². The summed E-state index contributed by atoms with van der Waals surface area (Å²) in [5, 5.41) is 23.8. The van der Waals surface area contributed by atoms with Gasteiger partial charge in [-0.2, -0.15) is 4.72 Å². The molecule has 6 aromatic carbocycles. The van der Waals surface area contributed by atoms with Crippen molar-refractivity contribution in [3.05, 3.63) is 195 Å². The van der Waals surface area contributed by atoms with Gasteiger partial charge >= 0.3 is 0 Å². The average Bonchev–Trinajstić information content (AvgIpc) is 3.34. The van der Waals surface area contributed by atoms with E-state index in [9.17, 15) is 28.4 Å². The van der Waals surface area contributed by atoms with Crippen molar-refractivity contribution in [1.29, 1.82) is 0 Å². The van der Waals surface area contributed by atoms with Crippen LogP contribution in [-0.4, -0.2) is 74.1 Å². The molecule has 0 aliphatic carbocycles. The summed E-state index contributed by atoms with van der Waals surface area (Å²) in [6, 6.07) is 45.3. The minimum absolute atomic E-state index is 0.0377. The van der Waals surface area contributed by atoms with Crippen LogP contribution in [0.15, 0.2) is 157 Å². The number of nitrogens with zero attached hydrogens (tertiary/aromatic N) is 3. The number of ether oxygens (including phenoxy) is 2. The normalized spacial score (nSPS) is 18.5. The highest BCUT2D eigenvalue weighted by Gasteiger charge is 2.34. The second kappa shape index (κ2) is 20.7. The van der Waals surface area contributed by atoms with Crippen LogP contribution in [0.5, 0.6) is 0 Å². The molecule has 0 spiro atoms. The molecule has 14 heteroatoms. The van der Waals surface area contributed by atoms with Gasteiger partial charge in [0.2, 0.25) is 15.9 Å². The van der Waals surface area contributed by atoms with Crippen LogP contribution in [0.3, 0.4) is 0 Å². The van der Waals surface area contributed by atoms with Gasteiger partial charge in [-0.15, -0.1) is 0 Å². The fraction of sp³-hybridized carbons (Fsp3) is 0.275. The lowest BCUT2D eigenvalue weighted by Crippen LogP contribution is -2.49. The van der Waals surface area contributed by atoms with Gasteiger partial charge in [0, 0.05) is 69.1 Å². The van der Waals surface area contributed by atoms with Crippen LogP contribution >= 0.6 is 0 Å². The van der Waals surface area contributed by atoms with Crippen LogP contribution in [0, 0.1) is 17.0 Å². The maximum absolute atomic E-state index is 13.7. The van der Waals surface area contributed by atoms with Crippen molar-refractivity contribution >= 4 is 27.3 Å². The fourth-order valence-electron chi connectivity index (χ4n) is 8.31. The molecule has 2 aliphatic rings. The number of non-ortho nitro benzene ring substituents is 1. The molecule has 6 aromatic rings. The molecule has 336 valence electrons. The SMILES string of the molecule is Cc1ccc(S(=O)(=O)NC(Cc2ccccc2)C(=O)NCc2cccc(-c3ccc(C4OC(CN5CCN(c6ccc([N+](=O)[O-])cc6)CC5)CC(c5ccc(CO)cc5)O4)cc3)c2)cc1. The summed E-state index contributed by atoms with van der Waals surface area (Å²) >= 11 is 0. The maximum Gasteiger partial charge on any atom is 0.269 e. The predicted octanol–water partition coefficient (Wildman–Crippen LogP) is 7.64. The number of nitro groups is 1. The van der Waals surface area contributed by atoms with Crippen LogP contribution in [0.25, 0.3) is 11.1 Å². The number of anilines is 1. The topological polar surface area (TPSA) is 164 Å². The molecule has 8 rings (SSSR count). The van der Waals surface area contributed by atoms with E-state index in [4.69, 9.17) is 9.47 Å². The van der Waals surface area contributed by atoms with Gasteiger partial charge < -0.3 is 24.8 Å². The first kappa shape index (κ1) is 45.3. The molecule has 3 N–H and O–H groups in total. The molecule has 1 amide bonds. The van der Waals surface area contributed by atoms with Gasteiger partial charge in [0.1, 0.15) is 6.04 Å². The number of aryl methyl sites for hydroxylation is 1. The molecule has 0 aromatic heterocycles. The predicted molar refractivity (Wildman–Crippen MR) is 249 cm³/mol. The van der Waals surface area contributed by atoms with Gasteiger partial charge in [0.25, 0.3) is 5.69 Å². The number of piperazine rings is 1. The molecule has 2 heterocycles. The zero-order chi connectivity index (χ0) is 45.3. The number of nitro benzene ring substituents is 1. The Kier molecular flexibility index (Phi) is 14.4. The van der Waals surface area contributed by atoms with Crippen molar-refractivity contribution in [2.24, 2.45) is 0 Å². The van der Waals surface area contributed by atoms with Crippen LogP contribution < -0.4 is 14.9 Å². The number of aliphatic hydroxyl groups is 1. The van der Waals surface area contributed by atoms with E-state index in [1.54, 1.807) is 24.3 Å². The van der Waals surface area contributed by atoms with E-state index in [1.807, 2.05) is 122 Å². The Morgan fingerprint density at radius 1 is 0.769 bits per heavy atom. The molecule has 4 atom stereocenters. The monoisotopic (exact) mass is 895 g/mol. The van der Waals surface area contributed by atoms with E-state index < -0.39 is 28.3 Å². The first-order valence-electron chi connectivity index (χ1n) is 21.8. The Hall–Kier alpha value is -6.26. The van der Waals surface area contributed by atoms with Gasteiger partial charge in [0.15, 0.2) is 6.29 Å². The summed E-state index contributed by atoms with van der Waals surface area (Å²) in [4.78, 5) is 29.2. The highest BCUT2D eigenvalue weighted by molar-refractivity contribution is 7.89. The lowest BCUT2D eigenvalue weighted by atomic mass is 9.98. The van der Waals surface area contributed by atoms with Crippen LogP contribution in [0.2, 0.25) is 0 Å². The quantitative estimate of drug-likeness (QED) is 0.0650. The molecule has 13 nitrogen and oxygen atoms in total. The van der Waals surface area contributed by atoms with Gasteiger partial charge in [-0.05, 0) is 77.1 Å². The smallest absolute Gasteiger partial charge is 0.269 e. The first-order chi connectivity index (χ1) is 31.5. The number of aliphatic hydroxyl groups excluding tert-OH is 1. The van der Waals surface area contributed by atoms with Crippen LogP contribution in [0.4, 0.5) is 11.4 Å². The second-order valence-corrected chi connectivity index (χ2v) is 18.3. The maximum atomic E-state index is 13.7. The largest absolute Gasteiger partial charge is 0.392 e. The standard InChI is InChI=1S/C51H53N5O8S/c1-36-10-24-47(25-11-36)65(61,62)53-48(31-37-6-3-2-4-7-37)50(58)52-33-39-8-5-9-43(30-39)40-16-18-42(19-17-40)51-63-46(32-49(64-51)41-14-12-38(35-57)13-15-41)34-54-26-28-55(29-27-54)44-20-22-45(23-21-44)56(59)60/h2-25,30,46,48-49,51,53,57H,26-29,31-35H2,1H3,(H,52,58). The summed E-state index contributed by atoms with van der Waals surface area (Å²) in [5.74, 6) is -0.433. The van der Waals surface area contributed by atoms with Crippen molar-refractivity contribution in [3.63, 3.8) is 0 Å². The molecule has 4 unspecified atom stereocenters. The summed E-state index contributed by atoms with van der Waals surface area (Å²) in [6.45, 7) is 5.96. The zero-order valence-corrected chi connectivity index (χ0v) is 37.0. The highest BCUT2D eigenvalue weighted by Crippen LogP contribution is 2.39. The molecule has 2 saturated heterocycles. The lowest BCUT2D eigenvalue weighted by Gasteiger charge is -2.41. The van der Waals surface area contributed by atoms with Gasteiger partial charge in [-0.25, -0.2) is 8.42 Å². The summed E-state index contributed by atoms with van der Waals surface area (Å²) < 4.78 is 42.8. The number of amides is 1. The molecule has 2 fully saturated rings. The summed E-state index contributed by atoms with van der Waals surface area (Å²) in [6.07, 6.45) is -0.145. The van der Waals surface area contributed by atoms with Gasteiger partial charge in [-0.1, -0.05) is 115 Å². The van der Waals surface area contributed by atoms with Crippen molar-refractivity contribution in [2.45, 2.75) is 62.4 Å². The fourth-order valence-corrected chi connectivity index (χ4v) is 9.51. The average molecular weight is 896 g/mol. The third-order valence-electron chi connectivity index (χ3n) is 12.0. The van der Waals surface area contributed by atoms with Gasteiger partial charge in [0.05, 0.1) is 28.6 Å². The number of benzene rings is 6. The molecule has 2 aliphatic heterocycles. The Balaban J connectivity index is 0.926. The van der Waals surface area contributed by atoms with E-state index in [2.05, 4.69) is 19.8 Å². The first-order valence-corrected chi connectivity index (χ1v) is 23.3. The van der Waals surface area contributed by atoms with Crippen LogP contribution in [0.1, 0.15) is 52.2 Å². The lowest BCUT2D eigenvalue weighted by molar-refractivity contribution is -0.384. The number of rotatable bonds is 16. The summed E-state index contributed by atoms with van der Waals surface area (Å²) in [7, 11) is -3.98. The van der Waals surface area contributed by atoms with Crippen molar-refractivity contribution in [2.75, 3.05) is 37.6 Å². The molecule has 65 heavy (non-hydrogen) atoms. The highest BCUT2D eigenvalue weighted by atomic mass is 32.2. The minimum atomic E-state index is -3.98. The van der Waals surface area contributed by atoms with Crippen molar-refractivity contribution in [1.82, 2.24) is 14.9 Å². The number of carbonyl (C=O) groups is 1. The van der Waals surface area contributed by atoms with E-state index in [-0.39, 0.29) is 47.3 Å². The number of sulfonamides is 1. The number of carbonyl (C=O) groups excluding carboxylic acids is 1. The molecule has 0 radical (unpaired) electrons. The number of hydrogen-bond acceptors (Lipinski definition) is 10. The number of hydrogen-bond donors (Lipinski definition) is 3. The molecule has 0 bridgehead atoms. The Morgan fingerprint density at radius 2 is 1.45 bits per heavy atom. The van der Waals surface area contributed by atoms with E-state index in [1.165, 1.54) is 12.1 Å². The molecule has 0 saturated carbocycles. The third-order valence-corrected chi connectivity index (χ3v) is 13.5. The molecular weight excluding hydrogens is 843 g/mol. The van der Waals surface area contributed by atoms with E-state index in [0.717, 1.165) is 76.4 Å². The summed E-state index contributed by atoms with van der Waals surface area (Å²) in [5.41, 5.74) is 8.28. The molecular formula is C51H53N5O8S. The van der Waals surface area contributed by atoms with E-state index >= 15 is 0 Å². The Bertz CT molecular complexity index is 2640. The third kappa shape index (κ3) is 11.7. The number of nitrogens with one attached hydrogen (secondary N) is 2. The van der Waals surface area contributed by atoms with Crippen LogP contribution in [-0.2, 0) is 43.9 Å². The minimum Gasteiger partial charge on any atom is -0.392 e. The second-order valence-electron chi connectivity index (χ2n) is 16.6.